The zero-order valence-corrected chi connectivity index (χ0v) is 13.6. The summed E-state index contributed by atoms with van der Waals surface area (Å²) < 4.78 is 0. The topological polar surface area (TPSA) is 66.4 Å². The molecule has 0 bridgehead atoms. The summed E-state index contributed by atoms with van der Waals surface area (Å²) in [6.07, 6.45) is 1.05. The Bertz CT molecular complexity index is 471. The molecule has 21 heavy (non-hydrogen) atoms. The van der Waals surface area contributed by atoms with E-state index in [1.165, 1.54) is 5.56 Å². The molecule has 0 radical (unpaired) electrons. The average Bonchev–Trinajstić information content (AvgIpc) is 2.38. The predicted octanol–water partition coefficient (Wildman–Crippen LogP) is 2.88. The summed E-state index contributed by atoms with van der Waals surface area (Å²) >= 11 is 1.10. The van der Waals surface area contributed by atoms with Crippen molar-refractivity contribution in [2.24, 2.45) is 5.92 Å². The van der Waals surface area contributed by atoms with Crippen LogP contribution in [0.25, 0.3) is 0 Å². The van der Waals surface area contributed by atoms with Gasteiger partial charge in [0.05, 0.1) is 17.5 Å². The Hall–Kier alpha value is -1.49. The van der Waals surface area contributed by atoms with Gasteiger partial charge in [-0.25, -0.2) is 0 Å². The summed E-state index contributed by atoms with van der Waals surface area (Å²) in [5.41, 5.74) is 2.35. The standard InChI is InChI=1S/C16H23NO3S/c1-11(2)8-13-4-6-14(7-5-13)12(3)17-15(18)9-21-10-16(19)20/h4-7,11-12H,8-10H2,1-3H3,(H,17,18)(H,19,20). The van der Waals surface area contributed by atoms with Crippen LogP contribution in [-0.2, 0) is 16.0 Å². The molecule has 0 aromatic heterocycles. The lowest BCUT2D eigenvalue weighted by Gasteiger charge is -2.15. The fraction of sp³-hybridized carbons (Fsp3) is 0.500. The fourth-order valence-electron chi connectivity index (χ4n) is 2.01. The van der Waals surface area contributed by atoms with Crippen LogP contribution in [0, 0.1) is 5.92 Å². The molecule has 116 valence electrons. The Labute approximate surface area is 130 Å². The first-order valence-electron chi connectivity index (χ1n) is 7.06. The minimum atomic E-state index is -0.901. The molecule has 1 unspecified atom stereocenters. The predicted molar refractivity (Wildman–Crippen MR) is 86.5 cm³/mol. The van der Waals surface area contributed by atoms with Crippen molar-refractivity contribution in [3.05, 3.63) is 35.4 Å². The maximum absolute atomic E-state index is 11.7. The second-order valence-electron chi connectivity index (χ2n) is 5.52. The first-order chi connectivity index (χ1) is 9.88. The Morgan fingerprint density at radius 3 is 2.29 bits per heavy atom. The van der Waals surface area contributed by atoms with Gasteiger partial charge in [-0.05, 0) is 30.4 Å². The summed E-state index contributed by atoms with van der Waals surface area (Å²) in [6, 6.07) is 8.19. The van der Waals surface area contributed by atoms with Gasteiger partial charge in [0.1, 0.15) is 0 Å². The van der Waals surface area contributed by atoms with Crippen molar-refractivity contribution >= 4 is 23.6 Å². The van der Waals surface area contributed by atoms with Gasteiger partial charge in [0, 0.05) is 0 Å². The molecule has 1 aromatic carbocycles. The van der Waals surface area contributed by atoms with Gasteiger partial charge in [-0.2, -0.15) is 0 Å². The monoisotopic (exact) mass is 309 g/mol. The second kappa shape index (κ2) is 8.72. The van der Waals surface area contributed by atoms with Gasteiger partial charge in [-0.3, -0.25) is 9.59 Å². The summed E-state index contributed by atoms with van der Waals surface area (Å²) in [5.74, 6) is -0.297. The lowest BCUT2D eigenvalue weighted by atomic mass is 10.00. The van der Waals surface area contributed by atoms with E-state index in [2.05, 4.69) is 31.3 Å². The van der Waals surface area contributed by atoms with E-state index in [1.807, 2.05) is 19.1 Å². The minimum absolute atomic E-state index is 0.0499. The second-order valence-corrected chi connectivity index (χ2v) is 6.50. The van der Waals surface area contributed by atoms with Gasteiger partial charge in [0.15, 0.2) is 0 Å². The molecule has 0 saturated carbocycles. The number of amides is 1. The number of rotatable bonds is 8. The first kappa shape index (κ1) is 17.6. The number of benzene rings is 1. The molecule has 0 aliphatic heterocycles. The molecule has 0 heterocycles. The van der Waals surface area contributed by atoms with E-state index in [0.717, 1.165) is 23.7 Å². The molecule has 5 heteroatoms. The van der Waals surface area contributed by atoms with E-state index in [0.29, 0.717) is 5.92 Å². The van der Waals surface area contributed by atoms with Crippen molar-refractivity contribution in [2.75, 3.05) is 11.5 Å². The molecule has 2 N–H and O–H groups in total. The molecule has 1 amide bonds. The van der Waals surface area contributed by atoms with Crippen molar-refractivity contribution in [3.8, 4) is 0 Å². The highest BCUT2D eigenvalue weighted by Crippen LogP contribution is 2.15. The highest BCUT2D eigenvalue weighted by molar-refractivity contribution is 8.00. The molecule has 0 saturated heterocycles. The highest BCUT2D eigenvalue weighted by Gasteiger charge is 2.10. The quantitative estimate of drug-likeness (QED) is 0.775. The van der Waals surface area contributed by atoms with Gasteiger partial charge in [0.2, 0.25) is 5.91 Å². The fourth-order valence-corrected chi connectivity index (χ4v) is 2.56. The lowest BCUT2D eigenvalue weighted by Crippen LogP contribution is -2.28. The van der Waals surface area contributed by atoms with Crippen molar-refractivity contribution in [2.45, 2.75) is 33.2 Å². The van der Waals surface area contributed by atoms with E-state index in [4.69, 9.17) is 5.11 Å². The third kappa shape index (κ3) is 7.18. The first-order valence-corrected chi connectivity index (χ1v) is 8.21. The van der Waals surface area contributed by atoms with Crippen LogP contribution in [-0.4, -0.2) is 28.5 Å². The van der Waals surface area contributed by atoms with Gasteiger partial charge >= 0.3 is 5.97 Å². The third-order valence-electron chi connectivity index (χ3n) is 2.96. The molecule has 0 aliphatic carbocycles. The van der Waals surface area contributed by atoms with Crippen molar-refractivity contribution < 1.29 is 14.7 Å². The number of carboxylic acids is 1. The molecular formula is C16H23NO3S. The SMILES string of the molecule is CC(C)Cc1ccc(C(C)NC(=O)CSCC(=O)O)cc1. The van der Waals surface area contributed by atoms with Crippen LogP contribution in [0.1, 0.15) is 37.9 Å². The van der Waals surface area contributed by atoms with Crippen molar-refractivity contribution in [1.29, 1.82) is 0 Å². The van der Waals surface area contributed by atoms with Crippen LogP contribution in [0.5, 0.6) is 0 Å². The summed E-state index contributed by atoms with van der Waals surface area (Å²) in [6.45, 7) is 6.30. The molecule has 1 rings (SSSR count). The van der Waals surface area contributed by atoms with Crippen LogP contribution in [0.15, 0.2) is 24.3 Å². The number of nitrogens with one attached hydrogen (secondary N) is 1. The summed E-state index contributed by atoms with van der Waals surface area (Å²) in [7, 11) is 0. The van der Waals surface area contributed by atoms with Crippen molar-refractivity contribution in [3.63, 3.8) is 0 Å². The lowest BCUT2D eigenvalue weighted by molar-refractivity contribution is -0.133. The minimum Gasteiger partial charge on any atom is -0.481 e. The molecule has 1 atom stereocenters. The zero-order valence-electron chi connectivity index (χ0n) is 12.8. The summed E-state index contributed by atoms with van der Waals surface area (Å²) in [4.78, 5) is 22.1. The van der Waals surface area contributed by atoms with E-state index < -0.39 is 5.97 Å². The number of hydrogen-bond acceptors (Lipinski definition) is 3. The maximum Gasteiger partial charge on any atom is 0.313 e. The molecule has 4 nitrogen and oxygen atoms in total. The maximum atomic E-state index is 11.7. The number of thioether (sulfide) groups is 1. The van der Waals surface area contributed by atoms with Crippen LogP contribution in [0.3, 0.4) is 0 Å². The molecule has 0 aliphatic rings. The van der Waals surface area contributed by atoms with E-state index in [9.17, 15) is 9.59 Å². The van der Waals surface area contributed by atoms with Gasteiger partial charge in [0.25, 0.3) is 0 Å². The van der Waals surface area contributed by atoms with Gasteiger partial charge < -0.3 is 10.4 Å². The Balaban J connectivity index is 2.45. The molecular weight excluding hydrogens is 286 g/mol. The van der Waals surface area contributed by atoms with Crippen molar-refractivity contribution in [1.82, 2.24) is 5.32 Å². The average molecular weight is 309 g/mol. The Morgan fingerprint density at radius 1 is 1.14 bits per heavy atom. The van der Waals surface area contributed by atoms with E-state index >= 15 is 0 Å². The Morgan fingerprint density at radius 2 is 1.76 bits per heavy atom. The molecule has 1 aromatic rings. The van der Waals surface area contributed by atoms with Crippen LogP contribution in [0.2, 0.25) is 0 Å². The smallest absolute Gasteiger partial charge is 0.313 e. The zero-order chi connectivity index (χ0) is 15.8. The highest BCUT2D eigenvalue weighted by atomic mass is 32.2. The Kier molecular flexibility index (Phi) is 7.29. The third-order valence-corrected chi connectivity index (χ3v) is 3.88. The normalized spacial score (nSPS) is 12.2. The molecule has 0 fully saturated rings. The number of aliphatic carboxylic acids is 1. The van der Waals surface area contributed by atoms with E-state index in [1.54, 1.807) is 0 Å². The van der Waals surface area contributed by atoms with Gasteiger partial charge in [-0.15, -0.1) is 11.8 Å². The van der Waals surface area contributed by atoms with Crippen LogP contribution >= 0.6 is 11.8 Å². The summed E-state index contributed by atoms with van der Waals surface area (Å²) in [5, 5.41) is 11.4. The number of carbonyl (C=O) groups is 2. The molecule has 0 spiro atoms. The van der Waals surface area contributed by atoms with E-state index in [-0.39, 0.29) is 23.5 Å². The van der Waals surface area contributed by atoms with Crippen LogP contribution < -0.4 is 5.32 Å². The van der Waals surface area contributed by atoms with Gasteiger partial charge in [-0.1, -0.05) is 38.1 Å². The number of hydrogen-bond donors (Lipinski definition) is 2. The number of carboxylic acid groups (broad SMARTS) is 1. The van der Waals surface area contributed by atoms with Crippen LogP contribution in [0.4, 0.5) is 0 Å². The largest absolute Gasteiger partial charge is 0.481 e. The number of carbonyl (C=O) groups excluding carboxylic acids is 1.